The van der Waals surface area contributed by atoms with E-state index in [0.29, 0.717) is 23.6 Å². The van der Waals surface area contributed by atoms with E-state index in [1.165, 1.54) is 14.0 Å². The summed E-state index contributed by atoms with van der Waals surface area (Å²) in [5.41, 5.74) is 0.830. The summed E-state index contributed by atoms with van der Waals surface area (Å²) < 4.78 is 10.4. The minimum Gasteiger partial charge on any atom is -0.493 e. The van der Waals surface area contributed by atoms with Crippen molar-refractivity contribution in [3.63, 3.8) is 0 Å². The normalized spacial score (nSPS) is 10.6. The van der Waals surface area contributed by atoms with Crippen LogP contribution < -0.4 is 20.1 Å². The van der Waals surface area contributed by atoms with Crippen LogP contribution in [0, 0.1) is 0 Å². The third-order valence-electron chi connectivity index (χ3n) is 2.68. The van der Waals surface area contributed by atoms with Crippen LogP contribution in [0.2, 0.25) is 0 Å². The molecule has 1 aromatic carbocycles. The molecule has 0 aromatic heterocycles. The molecule has 0 aliphatic rings. The SMILES string of the molecule is C=CCNC(=O)/C(=C\c1ccc(OC)c(OC)c1)NC(C)=O. The molecule has 2 N–H and O–H groups in total. The number of amides is 2. The molecule has 0 heterocycles. The molecule has 0 radical (unpaired) electrons. The van der Waals surface area contributed by atoms with Crippen molar-refractivity contribution in [3.05, 3.63) is 42.1 Å². The zero-order chi connectivity index (χ0) is 16.5. The van der Waals surface area contributed by atoms with Gasteiger partial charge in [-0.15, -0.1) is 6.58 Å². The topological polar surface area (TPSA) is 76.7 Å². The van der Waals surface area contributed by atoms with Crippen LogP contribution in [-0.2, 0) is 9.59 Å². The van der Waals surface area contributed by atoms with Crippen LogP contribution in [0.1, 0.15) is 12.5 Å². The smallest absolute Gasteiger partial charge is 0.268 e. The highest BCUT2D eigenvalue weighted by atomic mass is 16.5. The molecule has 0 aliphatic carbocycles. The Hall–Kier alpha value is -2.76. The van der Waals surface area contributed by atoms with Crippen LogP contribution in [0.5, 0.6) is 11.5 Å². The van der Waals surface area contributed by atoms with E-state index in [1.54, 1.807) is 37.5 Å². The lowest BCUT2D eigenvalue weighted by molar-refractivity contribution is -0.122. The average molecular weight is 304 g/mol. The van der Waals surface area contributed by atoms with E-state index in [-0.39, 0.29) is 11.6 Å². The molecule has 0 saturated heterocycles. The maximum Gasteiger partial charge on any atom is 0.268 e. The number of methoxy groups -OCH3 is 2. The van der Waals surface area contributed by atoms with E-state index in [0.717, 1.165) is 0 Å². The second-order valence-corrected chi connectivity index (χ2v) is 4.35. The largest absolute Gasteiger partial charge is 0.493 e. The fraction of sp³-hybridized carbons (Fsp3) is 0.250. The van der Waals surface area contributed by atoms with E-state index in [2.05, 4.69) is 17.2 Å². The molecular weight excluding hydrogens is 284 g/mol. The van der Waals surface area contributed by atoms with Crippen molar-refractivity contribution in [2.75, 3.05) is 20.8 Å². The number of ether oxygens (including phenoxy) is 2. The quantitative estimate of drug-likeness (QED) is 0.591. The number of hydrogen-bond donors (Lipinski definition) is 2. The summed E-state index contributed by atoms with van der Waals surface area (Å²) in [4.78, 5) is 23.3. The van der Waals surface area contributed by atoms with Gasteiger partial charge >= 0.3 is 0 Å². The molecule has 0 saturated carbocycles. The van der Waals surface area contributed by atoms with E-state index < -0.39 is 5.91 Å². The molecule has 1 rings (SSSR count). The van der Waals surface area contributed by atoms with E-state index >= 15 is 0 Å². The lowest BCUT2D eigenvalue weighted by Gasteiger charge is -2.10. The van der Waals surface area contributed by atoms with Crippen molar-refractivity contribution >= 4 is 17.9 Å². The first-order valence-electron chi connectivity index (χ1n) is 6.62. The maximum atomic E-state index is 12.0. The average Bonchev–Trinajstić information content (AvgIpc) is 2.51. The predicted octanol–water partition coefficient (Wildman–Crippen LogP) is 1.48. The van der Waals surface area contributed by atoms with Crippen molar-refractivity contribution in [2.24, 2.45) is 0 Å². The van der Waals surface area contributed by atoms with Gasteiger partial charge in [-0.25, -0.2) is 0 Å². The number of rotatable bonds is 7. The lowest BCUT2D eigenvalue weighted by atomic mass is 10.1. The zero-order valence-electron chi connectivity index (χ0n) is 12.9. The van der Waals surface area contributed by atoms with Crippen molar-refractivity contribution in [2.45, 2.75) is 6.92 Å². The Balaban J connectivity index is 3.12. The first kappa shape index (κ1) is 17.3. The highest BCUT2D eigenvalue weighted by Gasteiger charge is 2.11. The van der Waals surface area contributed by atoms with Gasteiger partial charge in [-0.05, 0) is 23.8 Å². The minimum absolute atomic E-state index is 0.140. The Kier molecular flexibility index (Phi) is 6.69. The third kappa shape index (κ3) is 4.97. The van der Waals surface area contributed by atoms with Crippen LogP contribution in [0.4, 0.5) is 0 Å². The molecule has 0 aliphatic heterocycles. The molecule has 22 heavy (non-hydrogen) atoms. The van der Waals surface area contributed by atoms with E-state index in [1.807, 2.05) is 0 Å². The van der Waals surface area contributed by atoms with Gasteiger partial charge in [0.15, 0.2) is 11.5 Å². The second kappa shape index (κ2) is 8.51. The summed E-state index contributed by atoms with van der Waals surface area (Å²) in [7, 11) is 3.07. The molecule has 0 spiro atoms. The highest BCUT2D eigenvalue weighted by Crippen LogP contribution is 2.28. The summed E-state index contributed by atoms with van der Waals surface area (Å²) in [5, 5.41) is 5.12. The van der Waals surface area contributed by atoms with Crippen LogP contribution >= 0.6 is 0 Å². The third-order valence-corrected chi connectivity index (χ3v) is 2.68. The van der Waals surface area contributed by atoms with Crippen LogP contribution in [0.25, 0.3) is 6.08 Å². The Labute approximate surface area is 129 Å². The molecule has 0 fully saturated rings. The Bertz CT molecular complexity index is 594. The van der Waals surface area contributed by atoms with Gasteiger partial charge in [-0.3, -0.25) is 9.59 Å². The van der Waals surface area contributed by atoms with E-state index in [4.69, 9.17) is 9.47 Å². The summed E-state index contributed by atoms with van der Waals surface area (Å²) in [6.45, 7) is 5.17. The lowest BCUT2D eigenvalue weighted by Crippen LogP contribution is -2.33. The standard InChI is InChI=1S/C16H20N2O4/c1-5-8-17-16(20)13(18-11(2)19)9-12-6-7-14(21-3)15(10-12)22-4/h5-7,9-10H,1,8H2,2-4H3,(H,17,20)(H,18,19)/b13-9+. The molecule has 118 valence electrons. The minimum atomic E-state index is -0.398. The van der Waals surface area contributed by atoms with Gasteiger partial charge < -0.3 is 20.1 Å². The number of carbonyl (C=O) groups excluding carboxylic acids is 2. The Morgan fingerprint density at radius 3 is 2.45 bits per heavy atom. The fourth-order valence-electron chi connectivity index (χ4n) is 1.72. The molecule has 1 aromatic rings. The van der Waals surface area contributed by atoms with Gasteiger partial charge in [-0.1, -0.05) is 12.1 Å². The molecule has 0 unspecified atom stereocenters. The Morgan fingerprint density at radius 1 is 1.23 bits per heavy atom. The van der Waals surface area contributed by atoms with Gasteiger partial charge in [0.1, 0.15) is 5.70 Å². The van der Waals surface area contributed by atoms with Gasteiger partial charge in [0.05, 0.1) is 14.2 Å². The monoisotopic (exact) mass is 304 g/mol. The summed E-state index contributed by atoms with van der Waals surface area (Å²) in [5.74, 6) is 0.382. The van der Waals surface area contributed by atoms with Gasteiger partial charge in [0.25, 0.3) is 5.91 Å². The van der Waals surface area contributed by atoms with E-state index in [9.17, 15) is 9.59 Å². The van der Waals surface area contributed by atoms with Gasteiger partial charge in [0.2, 0.25) is 5.91 Å². The summed E-state index contributed by atoms with van der Waals surface area (Å²) >= 11 is 0. The number of carbonyl (C=O) groups is 2. The highest BCUT2D eigenvalue weighted by molar-refractivity contribution is 6.01. The number of benzene rings is 1. The van der Waals surface area contributed by atoms with Gasteiger partial charge in [-0.2, -0.15) is 0 Å². The van der Waals surface area contributed by atoms with Crippen LogP contribution in [-0.4, -0.2) is 32.6 Å². The fourth-order valence-corrected chi connectivity index (χ4v) is 1.72. The molecular formula is C16H20N2O4. The number of hydrogen-bond acceptors (Lipinski definition) is 4. The van der Waals surface area contributed by atoms with Crippen molar-refractivity contribution in [1.29, 1.82) is 0 Å². The van der Waals surface area contributed by atoms with Crippen molar-refractivity contribution in [1.82, 2.24) is 10.6 Å². The molecule has 2 amide bonds. The first-order chi connectivity index (χ1) is 10.5. The van der Waals surface area contributed by atoms with Crippen LogP contribution in [0.3, 0.4) is 0 Å². The second-order valence-electron chi connectivity index (χ2n) is 4.35. The maximum absolute atomic E-state index is 12.0. The molecule has 0 atom stereocenters. The summed E-state index contributed by atoms with van der Waals surface area (Å²) in [6.07, 6.45) is 3.11. The van der Waals surface area contributed by atoms with Gasteiger partial charge in [0, 0.05) is 13.5 Å². The van der Waals surface area contributed by atoms with Crippen molar-refractivity contribution in [3.8, 4) is 11.5 Å². The van der Waals surface area contributed by atoms with Crippen molar-refractivity contribution < 1.29 is 19.1 Å². The Morgan fingerprint density at radius 2 is 1.91 bits per heavy atom. The number of nitrogens with one attached hydrogen (secondary N) is 2. The predicted molar refractivity (Wildman–Crippen MR) is 84.5 cm³/mol. The first-order valence-corrected chi connectivity index (χ1v) is 6.62. The molecule has 6 nitrogen and oxygen atoms in total. The van der Waals surface area contributed by atoms with Crippen LogP contribution in [0.15, 0.2) is 36.6 Å². The zero-order valence-corrected chi connectivity index (χ0v) is 12.9. The summed E-state index contributed by atoms with van der Waals surface area (Å²) in [6, 6.07) is 5.18. The molecule has 0 bridgehead atoms. The molecule has 6 heteroatoms.